The average molecular weight is 233 g/mol. The number of aromatic hydroxyl groups is 1. The van der Waals surface area contributed by atoms with E-state index in [0.717, 1.165) is 13.1 Å². The molecular formula is C13H15NOS. The van der Waals surface area contributed by atoms with Gasteiger partial charge in [0.15, 0.2) is 0 Å². The minimum absolute atomic E-state index is 0.317. The molecule has 0 bridgehead atoms. The summed E-state index contributed by atoms with van der Waals surface area (Å²) in [7, 11) is 0. The van der Waals surface area contributed by atoms with Crippen molar-refractivity contribution in [2.45, 2.75) is 20.0 Å². The van der Waals surface area contributed by atoms with Crippen LogP contribution in [0.4, 0.5) is 0 Å². The van der Waals surface area contributed by atoms with Crippen molar-refractivity contribution in [1.82, 2.24) is 5.32 Å². The highest BCUT2D eigenvalue weighted by Crippen LogP contribution is 2.15. The fraction of sp³-hybridized carbons (Fsp3) is 0.231. The zero-order valence-corrected chi connectivity index (χ0v) is 10.1. The van der Waals surface area contributed by atoms with Gasteiger partial charge in [0, 0.05) is 18.0 Å². The van der Waals surface area contributed by atoms with Crippen molar-refractivity contribution in [3.8, 4) is 5.75 Å². The number of benzene rings is 1. The predicted molar refractivity (Wildman–Crippen MR) is 67.7 cm³/mol. The van der Waals surface area contributed by atoms with E-state index in [-0.39, 0.29) is 0 Å². The van der Waals surface area contributed by atoms with Crippen LogP contribution in [-0.2, 0) is 13.1 Å². The van der Waals surface area contributed by atoms with Crippen LogP contribution < -0.4 is 5.32 Å². The normalized spacial score (nSPS) is 10.6. The molecule has 0 unspecified atom stereocenters. The van der Waals surface area contributed by atoms with Crippen LogP contribution in [0.1, 0.15) is 16.0 Å². The van der Waals surface area contributed by atoms with E-state index in [1.165, 1.54) is 16.0 Å². The summed E-state index contributed by atoms with van der Waals surface area (Å²) in [4.78, 5) is 1.39. The summed E-state index contributed by atoms with van der Waals surface area (Å²) < 4.78 is 0. The first-order chi connectivity index (χ1) is 7.75. The summed E-state index contributed by atoms with van der Waals surface area (Å²) >= 11 is 1.78. The molecule has 84 valence electrons. The lowest BCUT2D eigenvalue weighted by atomic mass is 10.2. The van der Waals surface area contributed by atoms with Crippen LogP contribution in [0.5, 0.6) is 5.75 Å². The van der Waals surface area contributed by atoms with Gasteiger partial charge in [-0.2, -0.15) is 0 Å². The van der Waals surface area contributed by atoms with Gasteiger partial charge in [0.1, 0.15) is 5.75 Å². The topological polar surface area (TPSA) is 32.3 Å². The van der Waals surface area contributed by atoms with Crippen LogP contribution in [-0.4, -0.2) is 5.11 Å². The number of hydrogen-bond donors (Lipinski definition) is 2. The zero-order valence-electron chi connectivity index (χ0n) is 9.23. The third kappa shape index (κ3) is 2.84. The second-order valence-electron chi connectivity index (χ2n) is 3.80. The smallest absolute Gasteiger partial charge is 0.115 e. The fourth-order valence-corrected chi connectivity index (χ4v) is 2.40. The van der Waals surface area contributed by atoms with Crippen LogP contribution in [0.25, 0.3) is 0 Å². The Bertz CT molecular complexity index is 447. The Hall–Kier alpha value is -1.32. The maximum Gasteiger partial charge on any atom is 0.115 e. The van der Waals surface area contributed by atoms with Crippen molar-refractivity contribution >= 4 is 11.3 Å². The summed E-state index contributed by atoms with van der Waals surface area (Å²) in [6, 6.07) is 9.44. The molecule has 2 aromatic rings. The molecule has 2 nitrogen and oxygen atoms in total. The van der Waals surface area contributed by atoms with Crippen LogP contribution in [0, 0.1) is 6.92 Å². The second kappa shape index (κ2) is 5.14. The van der Waals surface area contributed by atoms with Gasteiger partial charge >= 0.3 is 0 Å². The van der Waals surface area contributed by atoms with Gasteiger partial charge in [-0.3, -0.25) is 0 Å². The number of aryl methyl sites for hydroxylation is 1. The fourth-order valence-electron chi connectivity index (χ4n) is 1.52. The third-order valence-electron chi connectivity index (χ3n) is 2.52. The van der Waals surface area contributed by atoms with Crippen molar-refractivity contribution in [2.24, 2.45) is 0 Å². The molecule has 1 aromatic heterocycles. The Kier molecular flexibility index (Phi) is 3.59. The molecule has 2 N–H and O–H groups in total. The molecule has 0 aliphatic heterocycles. The van der Waals surface area contributed by atoms with E-state index < -0.39 is 0 Å². The standard InChI is InChI=1S/C13H15NOS/c1-10-6-7-16-13(10)9-14-8-11-2-4-12(15)5-3-11/h2-7,14-15H,8-9H2,1H3. The van der Waals surface area contributed by atoms with Gasteiger partial charge in [-0.15, -0.1) is 11.3 Å². The highest BCUT2D eigenvalue weighted by atomic mass is 32.1. The number of thiophene rings is 1. The third-order valence-corrected chi connectivity index (χ3v) is 3.54. The van der Waals surface area contributed by atoms with E-state index in [1.807, 2.05) is 12.1 Å². The molecular weight excluding hydrogens is 218 g/mol. The summed E-state index contributed by atoms with van der Waals surface area (Å²) in [6.45, 7) is 3.87. The van der Waals surface area contributed by atoms with Crippen molar-refractivity contribution in [3.63, 3.8) is 0 Å². The molecule has 0 amide bonds. The largest absolute Gasteiger partial charge is 0.508 e. The minimum atomic E-state index is 0.317. The Labute approximate surface area is 99.6 Å². The van der Waals surface area contributed by atoms with Crippen molar-refractivity contribution in [3.05, 3.63) is 51.7 Å². The van der Waals surface area contributed by atoms with Crippen molar-refractivity contribution in [1.29, 1.82) is 0 Å². The molecule has 0 aliphatic carbocycles. The van der Waals surface area contributed by atoms with Gasteiger partial charge in [-0.25, -0.2) is 0 Å². The molecule has 0 saturated carbocycles. The minimum Gasteiger partial charge on any atom is -0.508 e. The summed E-state index contributed by atoms with van der Waals surface area (Å²) in [5.41, 5.74) is 2.54. The van der Waals surface area contributed by atoms with E-state index in [4.69, 9.17) is 5.11 Å². The summed E-state index contributed by atoms with van der Waals surface area (Å²) in [6.07, 6.45) is 0. The molecule has 16 heavy (non-hydrogen) atoms. The lowest BCUT2D eigenvalue weighted by Gasteiger charge is -2.04. The van der Waals surface area contributed by atoms with Crippen molar-refractivity contribution < 1.29 is 5.11 Å². The van der Waals surface area contributed by atoms with E-state index in [0.29, 0.717) is 5.75 Å². The van der Waals surface area contributed by atoms with Gasteiger partial charge in [0.2, 0.25) is 0 Å². The monoisotopic (exact) mass is 233 g/mol. The predicted octanol–water partition coefficient (Wildman–Crippen LogP) is 3.05. The first kappa shape index (κ1) is 11.2. The quantitative estimate of drug-likeness (QED) is 0.850. The Morgan fingerprint density at radius 1 is 1.12 bits per heavy atom. The van der Waals surface area contributed by atoms with E-state index in [9.17, 15) is 0 Å². The van der Waals surface area contributed by atoms with Gasteiger partial charge < -0.3 is 10.4 Å². The SMILES string of the molecule is Cc1ccsc1CNCc1ccc(O)cc1. The zero-order chi connectivity index (χ0) is 11.4. The first-order valence-corrected chi connectivity index (χ1v) is 6.15. The molecule has 0 aliphatic rings. The highest BCUT2D eigenvalue weighted by molar-refractivity contribution is 7.10. The van der Waals surface area contributed by atoms with E-state index >= 15 is 0 Å². The maximum atomic E-state index is 9.15. The average Bonchev–Trinajstić information content (AvgIpc) is 2.68. The Morgan fingerprint density at radius 3 is 2.50 bits per heavy atom. The van der Waals surface area contributed by atoms with E-state index in [2.05, 4.69) is 23.7 Å². The lowest BCUT2D eigenvalue weighted by molar-refractivity contribution is 0.475. The second-order valence-corrected chi connectivity index (χ2v) is 4.80. The molecule has 2 rings (SSSR count). The number of hydrogen-bond acceptors (Lipinski definition) is 3. The number of nitrogens with one attached hydrogen (secondary N) is 1. The summed E-state index contributed by atoms with van der Waals surface area (Å²) in [5.74, 6) is 0.317. The molecule has 0 radical (unpaired) electrons. The van der Waals surface area contributed by atoms with Gasteiger partial charge in [-0.05, 0) is 41.6 Å². The van der Waals surface area contributed by atoms with Crippen LogP contribution >= 0.6 is 11.3 Å². The van der Waals surface area contributed by atoms with Crippen LogP contribution in [0.15, 0.2) is 35.7 Å². The maximum absolute atomic E-state index is 9.15. The molecule has 0 atom stereocenters. The number of rotatable bonds is 4. The highest BCUT2D eigenvalue weighted by Gasteiger charge is 1.99. The van der Waals surface area contributed by atoms with Gasteiger partial charge in [0.25, 0.3) is 0 Å². The first-order valence-electron chi connectivity index (χ1n) is 5.27. The molecule has 1 aromatic carbocycles. The van der Waals surface area contributed by atoms with Crippen LogP contribution in [0.3, 0.4) is 0 Å². The molecule has 3 heteroatoms. The van der Waals surface area contributed by atoms with Gasteiger partial charge in [0.05, 0.1) is 0 Å². The Balaban J connectivity index is 1.84. The molecule has 1 heterocycles. The molecule has 0 fully saturated rings. The lowest BCUT2D eigenvalue weighted by Crippen LogP contribution is -2.12. The Morgan fingerprint density at radius 2 is 1.88 bits per heavy atom. The summed E-state index contributed by atoms with van der Waals surface area (Å²) in [5, 5.41) is 14.7. The van der Waals surface area contributed by atoms with Crippen LogP contribution in [0.2, 0.25) is 0 Å². The number of phenolic OH excluding ortho intramolecular Hbond substituents is 1. The van der Waals surface area contributed by atoms with E-state index in [1.54, 1.807) is 23.5 Å². The van der Waals surface area contributed by atoms with Crippen molar-refractivity contribution in [2.75, 3.05) is 0 Å². The number of phenols is 1. The molecule has 0 spiro atoms. The molecule has 0 saturated heterocycles. The van der Waals surface area contributed by atoms with Gasteiger partial charge in [-0.1, -0.05) is 12.1 Å².